The SMILES string of the molecule is NCCCN1CCCN(c2ncc(F)cn2)CC1. The van der Waals surface area contributed by atoms with E-state index in [2.05, 4.69) is 19.8 Å². The second kappa shape index (κ2) is 6.61. The topological polar surface area (TPSA) is 58.3 Å². The largest absolute Gasteiger partial charge is 0.339 e. The number of nitrogens with zero attached hydrogens (tertiary/aromatic N) is 4. The van der Waals surface area contributed by atoms with Crippen LogP contribution in [-0.2, 0) is 0 Å². The fourth-order valence-electron chi connectivity index (χ4n) is 2.18. The summed E-state index contributed by atoms with van der Waals surface area (Å²) < 4.78 is 12.8. The summed E-state index contributed by atoms with van der Waals surface area (Å²) in [7, 11) is 0. The summed E-state index contributed by atoms with van der Waals surface area (Å²) in [5.74, 6) is 0.232. The number of nitrogens with two attached hydrogens (primary N) is 1. The number of hydrogen-bond acceptors (Lipinski definition) is 5. The van der Waals surface area contributed by atoms with Crippen molar-refractivity contribution < 1.29 is 4.39 Å². The molecule has 1 saturated heterocycles. The van der Waals surface area contributed by atoms with Gasteiger partial charge in [-0.3, -0.25) is 0 Å². The maximum Gasteiger partial charge on any atom is 0.225 e. The standard InChI is InChI=1S/C12H20FN5/c13-11-9-15-12(16-10-11)18-6-2-5-17(7-8-18)4-1-3-14/h9-10H,1-8,14H2. The van der Waals surface area contributed by atoms with Crippen LogP contribution in [0.2, 0.25) is 0 Å². The van der Waals surface area contributed by atoms with Crippen LogP contribution < -0.4 is 10.6 Å². The maximum absolute atomic E-state index is 12.8. The summed E-state index contributed by atoms with van der Waals surface area (Å²) >= 11 is 0. The summed E-state index contributed by atoms with van der Waals surface area (Å²) in [5.41, 5.74) is 5.52. The molecule has 0 amide bonds. The van der Waals surface area contributed by atoms with Crippen molar-refractivity contribution >= 4 is 5.95 Å². The van der Waals surface area contributed by atoms with Crippen LogP contribution in [0.15, 0.2) is 12.4 Å². The lowest BCUT2D eigenvalue weighted by molar-refractivity contribution is 0.291. The minimum atomic E-state index is -0.391. The minimum Gasteiger partial charge on any atom is -0.339 e. The van der Waals surface area contributed by atoms with Crippen LogP contribution in [0.4, 0.5) is 10.3 Å². The van der Waals surface area contributed by atoms with E-state index in [9.17, 15) is 4.39 Å². The molecule has 0 radical (unpaired) electrons. The highest BCUT2D eigenvalue weighted by Gasteiger charge is 2.16. The molecule has 2 N–H and O–H groups in total. The Morgan fingerprint density at radius 1 is 1.17 bits per heavy atom. The third kappa shape index (κ3) is 3.61. The van der Waals surface area contributed by atoms with E-state index in [1.807, 2.05) is 0 Å². The number of halogens is 1. The van der Waals surface area contributed by atoms with Gasteiger partial charge in [0, 0.05) is 19.6 Å². The van der Waals surface area contributed by atoms with Crippen LogP contribution in [0.3, 0.4) is 0 Å². The Bertz CT molecular complexity index is 356. The van der Waals surface area contributed by atoms with Crippen molar-refractivity contribution in [2.45, 2.75) is 12.8 Å². The third-order valence-electron chi connectivity index (χ3n) is 3.16. The van der Waals surface area contributed by atoms with Gasteiger partial charge in [-0.25, -0.2) is 14.4 Å². The molecular formula is C12H20FN5. The zero-order valence-electron chi connectivity index (χ0n) is 10.6. The number of hydrogen-bond donors (Lipinski definition) is 1. The molecule has 18 heavy (non-hydrogen) atoms. The first-order valence-corrected chi connectivity index (χ1v) is 6.44. The molecule has 0 bridgehead atoms. The Balaban J connectivity index is 1.90. The lowest BCUT2D eigenvalue weighted by Crippen LogP contribution is -2.32. The second-order valence-corrected chi connectivity index (χ2v) is 4.53. The van der Waals surface area contributed by atoms with Gasteiger partial charge in [0.2, 0.25) is 5.95 Å². The highest BCUT2D eigenvalue weighted by atomic mass is 19.1. The fourth-order valence-corrected chi connectivity index (χ4v) is 2.18. The van der Waals surface area contributed by atoms with Crippen LogP contribution in [0.25, 0.3) is 0 Å². The van der Waals surface area contributed by atoms with Crippen LogP contribution in [0.5, 0.6) is 0 Å². The van der Waals surface area contributed by atoms with Crippen LogP contribution >= 0.6 is 0 Å². The Hall–Kier alpha value is -1.27. The highest BCUT2D eigenvalue weighted by Crippen LogP contribution is 2.11. The normalized spacial score (nSPS) is 17.8. The molecule has 6 heteroatoms. The Kier molecular flexibility index (Phi) is 4.83. The number of aromatic nitrogens is 2. The predicted molar refractivity (Wildman–Crippen MR) is 68.9 cm³/mol. The molecule has 0 atom stereocenters. The van der Waals surface area contributed by atoms with Gasteiger partial charge in [0.1, 0.15) is 0 Å². The smallest absolute Gasteiger partial charge is 0.225 e. The van der Waals surface area contributed by atoms with Gasteiger partial charge in [-0.2, -0.15) is 0 Å². The van der Waals surface area contributed by atoms with E-state index in [1.54, 1.807) is 0 Å². The molecule has 0 aliphatic carbocycles. The lowest BCUT2D eigenvalue weighted by Gasteiger charge is -2.21. The third-order valence-corrected chi connectivity index (χ3v) is 3.16. The zero-order chi connectivity index (χ0) is 12.8. The van der Waals surface area contributed by atoms with Crippen molar-refractivity contribution in [2.75, 3.05) is 44.2 Å². The summed E-state index contributed by atoms with van der Waals surface area (Å²) in [6.07, 6.45) is 4.55. The van der Waals surface area contributed by atoms with Crippen LogP contribution in [0.1, 0.15) is 12.8 Å². The summed E-state index contributed by atoms with van der Waals surface area (Å²) in [6, 6.07) is 0. The van der Waals surface area contributed by atoms with Gasteiger partial charge < -0.3 is 15.5 Å². The van der Waals surface area contributed by atoms with Gasteiger partial charge in [-0.15, -0.1) is 0 Å². The molecule has 1 aromatic heterocycles. The average Bonchev–Trinajstić information content (AvgIpc) is 2.63. The van der Waals surface area contributed by atoms with Gasteiger partial charge in [0.05, 0.1) is 12.4 Å². The Morgan fingerprint density at radius 2 is 1.94 bits per heavy atom. The second-order valence-electron chi connectivity index (χ2n) is 4.53. The Morgan fingerprint density at radius 3 is 2.67 bits per heavy atom. The van der Waals surface area contributed by atoms with Crippen LogP contribution in [-0.4, -0.2) is 54.1 Å². The number of anilines is 1. The maximum atomic E-state index is 12.8. The molecule has 1 aliphatic heterocycles. The van der Waals surface area contributed by atoms with Crippen molar-refractivity contribution in [3.8, 4) is 0 Å². The molecular weight excluding hydrogens is 233 g/mol. The first kappa shape index (κ1) is 13.2. The highest BCUT2D eigenvalue weighted by molar-refractivity contribution is 5.28. The van der Waals surface area contributed by atoms with E-state index in [1.165, 1.54) is 12.4 Å². The molecule has 1 fully saturated rings. The first-order valence-electron chi connectivity index (χ1n) is 6.44. The number of rotatable bonds is 4. The van der Waals surface area contributed by atoms with E-state index in [0.717, 1.165) is 52.1 Å². The monoisotopic (exact) mass is 253 g/mol. The quantitative estimate of drug-likeness (QED) is 0.845. The predicted octanol–water partition coefficient (Wildman–Crippen LogP) is 0.477. The van der Waals surface area contributed by atoms with Crippen molar-refractivity contribution in [3.63, 3.8) is 0 Å². The van der Waals surface area contributed by atoms with E-state index in [-0.39, 0.29) is 0 Å². The van der Waals surface area contributed by atoms with E-state index < -0.39 is 5.82 Å². The Labute approximate surface area is 107 Å². The molecule has 100 valence electrons. The van der Waals surface area contributed by atoms with E-state index >= 15 is 0 Å². The lowest BCUT2D eigenvalue weighted by atomic mass is 10.3. The van der Waals surface area contributed by atoms with Crippen LogP contribution in [0, 0.1) is 5.82 Å². The van der Waals surface area contributed by atoms with Crippen molar-refractivity contribution in [1.82, 2.24) is 14.9 Å². The summed E-state index contributed by atoms with van der Waals surface area (Å²) in [5, 5.41) is 0. The fraction of sp³-hybridized carbons (Fsp3) is 0.667. The first-order chi connectivity index (χ1) is 8.79. The van der Waals surface area contributed by atoms with Crippen molar-refractivity contribution in [3.05, 3.63) is 18.2 Å². The van der Waals surface area contributed by atoms with Gasteiger partial charge in [0.15, 0.2) is 5.82 Å². The van der Waals surface area contributed by atoms with Gasteiger partial charge in [-0.1, -0.05) is 0 Å². The van der Waals surface area contributed by atoms with Crippen molar-refractivity contribution in [1.29, 1.82) is 0 Å². The molecule has 5 nitrogen and oxygen atoms in total. The molecule has 0 unspecified atom stereocenters. The molecule has 2 heterocycles. The van der Waals surface area contributed by atoms with E-state index in [0.29, 0.717) is 5.95 Å². The van der Waals surface area contributed by atoms with Crippen molar-refractivity contribution in [2.24, 2.45) is 5.73 Å². The zero-order valence-corrected chi connectivity index (χ0v) is 10.6. The summed E-state index contributed by atoms with van der Waals surface area (Å²) in [4.78, 5) is 12.6. The molecule has 0 saturated carbocycles. The van der Waals surface area contributed by atoms with E-state index in [4.69, 9.17) is 5.73 Å². The molecule has 1 aromatic rings. The van der Waals surface area contributed by atoms with Gasteiger partial charge in [-0.05, 0) is 32.5 Å². The summed E-state index contributed by atoms with van der Waals surface area (Å²) in [6.45, 7) is 5.66. The molecule has 0 spiro atoms. The molecule has 2 rings (SSSR count). The van der Waals surface area contributed by atoms with Gasteiger partial charge in [0.25, 0.3) is 0 Å². The molecule has 0 aromatic carbocycles. The van der Waals surface area contributed by atoms with Gasteiger partial charge >= 0.3 is 0 Å². The minimum absolute atomic E-state index is 0.391. The average molecular weight is 253 g/mol. The molecule has 1 aliphatic rings.